The van der Waals surface area contributed by atoms with Crippen LogP contribution in [-0.4, -0.2) is 6.54 Å². The van der Waals surface area contributed by atoms with Crippen LogP contribution in [0, 0.1) is 5.92 Å². The van der Waals surface area contributed by atoms with Crippen molar-refractivity contribution in [2.45, 2.75) is 53.4 Å². The van der Waals surface area contributed by atoms with Crippen molar-refractivity contribution in [3.63, 3.8) is 0 Å². The van der Waals surface area contributed by atoms with E-state index in [0.29, 0.717) is 5.92 Å². The largest absolute Gasteiger partial charge is 0.381 e. The molecule has 0 aliphatic heterocycles. The van der Waals surface area contributed by atoms with Crippen molar-refractivity contribution in [1.29, 1.82) is 0 Å². The second-order valence-corrected chi connectivity index (χ2v) is 6.28. The van der Waals surface area contributed by atoms with Gasteiger partial charge in [-0.3, -0.25) is 0 Å². The average Bonchev–Trinajstić information content (AvgIpc) is 2.74. The van der Waals surface area contributed by atoms with E-state index in [-0.39, 0.29) is 0 Å². The zero-order valence-corrected chi connectivity index (χ0v) is 15.4. The lowest BCUT2D eigenvalue weighted by Gasteiger charge is -2.13. The van der Waals surface area contributed by atoms with Gasteiger partial charge in [-0.05, 0) is 55.9 Å². The summed E-state index contributed by atoms with van der Waals surface area (Å²) in [4.78, 5) is 0. The molecule has 23 heavy (non-hydrogen) atoms. The van der Waals surface area contributed by atoms with Crippen molar-refractivity contribution in [2.24, 2.45) is 5.92 Å². The van der Waals surface area contributed by atoms with Gasteiger partial charge in [-0.2, -0.15) is 0 Å². The van der Waals surface area contributed by atoms with Crippen LogP contribution in [0.2, 0.25) is 0 Å². The van der Waals surface area contributed by atoms with E-state index in [4.69, 9.17) is 0 Å². The molecule has 0 saturated heterocycles. The van der Waals surface area contributed by atoms with Crippen molar-refractivity contribution < 1.29 is 0 Å². The molecular weight excluding hydrogens is 278 g/mol. The zero-order chi connectivity index (χ0) is 17.1. The maximum absolute atomic E-state index is 3.92. The molecule has 0 bridgehead atoms. The Morgan fingerprint density at radius 3 is 2.74 bits per heavy atom. The minimum Gasteiger partial charge on any atom is -0.381 e. The molecule has 126 valence electrons. The van der Waals surface area contributed by atoms with Gasteiger partial charge in [0.2, 0.25) is 0 Å². The first-order valence-electron chi connectivity index (χ1n) is 8.90. The molecule has 1 N–H and O–H groups in total. The summed E-state index contributed by atoms with van der Waals surface area (Å²) >= 11 is 0. The molecule has 1 heteroatoms. The maximum Gasteiger partial charge on any atom is 0.0400 e. The van der Waals surface area contributed by atoms with Crippen LogP contribution in [0.25, 0.3) is 0 Å². The second kappa shape index (κ2) is 10.9. The smallest absolute Gasteiger partial charge is 0.0400 e. The van der Waals surface area contributed by atoms with Crippen LogP contribution in [0.3, 0.4) is 0 Å². The lowest BCUT2D eigenvalue weighted by atomic mass is 9.98. The fourth-order valence-electron chi connectivity index (χ4n) is 2.46. The molecule has 1 rings (SSSR count). The number of hydrogen-bond acceptors (Lipinski definition) is 1. The molecule has 1 nitrogen and oxygen atoms in total. The van der Waals surface area contributed by atoms with Gasteiger partial charge >= 0.3 is 0 Å². The molecule has 1 atom stereocenters. The number of rotatable bonds is 9. The van der Waals surface area contributed by atoms with Crippen LogP contribution in [0.4, 0.5) is 0 Å². The third kappa shape index (κ3) is 7.36. The highest BCUT2D eigenvalue weighted by Gasteiger charge is 2.08. The number of nitrogens with one attached hydrogen (secondary N) is 1. The van der Waals surface area contributed by atoms with Gasteiger partial charge in [-0.15, -0.1) is 0 Å². The molecule has 0 aromatic heterocycles. The van der Waals surface area contributed by atoms with Crippen LogP contribution >= 0.6 is 0 Å². The highest BCUT2D eigenvalue weighted by Crippen LogP contribution is 2.21. The fraction of sp³-hybridized carbons (Fsp3) is 0.455. The van der Waals surface area contributed by atoms with E-state index in [0.717, 1.165) is 18.7 Å². The van der Waals surface area contributed by atoms with Crippen molar-refractivity contribution >= 4 is 0 Å². The van der Waals surface area contributed by atoms with Crippen LogP contribution < -0.4 is 5.32 Å². The Bertz CT molecular complexity index is 526. The summed E-state index contributed by atoms with van der Waals surface area (Å²) in [6.07, 6.45) is 20.2. The van der Waals surface area contributed by atoms with Crippen molar-refractivity contribution in [3.05, 3.63) is 71.5 Å². The minimum atomic E-state index is 0.554. The molecule has 0 heterocycles. The quantitative estimate of drug-likeness (QED) is 0.496. The molecule has 1 unspecified atom stereocenters. The molecule has 0 aromatic carbocycles. The SMILES string of the molecule is C=C/C(=C\C=C(\C)CC)NCC1=CC(CCCC)C=CC=C1C. The second-order valence-electron chi connectivity index (χ2n) is 6.28. The summed E-state index contributed by atoms with van der Waals surface area (Å²) in [6.45, 7) is 13.5. The van der Waals surface area contributed by atoms with Gasteiger partial charge in [0, 0.05) is 12.2 Å². The van der Waals surface area contributed by atoms with E-state index < -0.39 is 0 Å². The van der Waals surface area contributed by atoms with Crippen LogP contribution in [-0.2, 0) is 0 Å². The van der Waals surface area contributed by atoms with E-state index in [1.54, 1.807) is 0 Å². The van der Waals surface area contributed by atoms with E-state index in [2.05, 4.69) is 76.0 Å². The van der Waals surface area contributed by atoms with E-state index in [1.165, 1.54) is 36.0 Å². The molecule has 0 saturated carbocycles. The molecular formula is C22H33N. The predicted molar refractivity (Wildman–Crippen MR) is 104 cm³/mol. The van der Waals surface area contributed by atoms with Gasteiger partial charge in [0.05, 0.1) is 0 Å². The van der Waals surface area contributed by atoms with Gasteiger partial charge < -0.3 is 5.32 Å². The Hall–Kier alpha value is -1.76. The van der Waals surface area contributed by atoms with Crippen molar-refractivity contribution in [1.82, 2.24) is 5.32 Å². The lowest BCUT2D eigenvalue weighted by Crippen LogP contribution is -2.16. The first-order valence-corrected chi connectivity index (χ1v) is 8.90. The average molecular weight is 312 g/mol. The van der Waals surface area contributed by atoms with Gasteiger partial charge in [0.1, 0.15) is 0 Å². The Morgan fingerprint density at radius 2 is 2.09 bits per heavy atom. The number of allylic oxidation sites excluding steroid dienone is 8. The minimum absolute atomic E-state index is 0.554. The van der Waals surface area contributed by atoms with Crippen LogP contribution in [0.1, 0.15) is 53.4 Å². The molecule has 0 aromatic rings. The lowest BCUT2D eigenvalue weighted by molar-refractivity contribution is 0.639. The third-order valence-corrected chi connectivity index (χ3v) is 4.33. The Kier molecular flexibility index (Phi) is 9.12. The summed E-state index contributed by atoms with van der Waals surface area (Å²) < 4.78 is 0. The first kappa shape index (κ1) is 19.3. The fourth-order valence-corrected chi connectivity index (χ4v) is 2.46. The number of hydrogen-bond donors (Lipinski definition) is 1. The van der Waals surface area contributed by atoms with Gasteiger partial charge in [-0.1, -0.05) is 69.2 Å². The zero-order valence-electron chi connectivity index (χ0n) is 15.4. The summed E-state index contributed by atoms with van der Waals surface area (Å²) in [6, 6.07) is 0. The van der Waals surface area contributed by atoms with E-state index in [1.807, 2.05) is 6.08 Å². The van der Waals surface area contributed by atoms with Crippen LogP contribution in [0.15, 0.2) is 71.5 Å². The van der Waals surface area contributed by atoms with Gasteiger partial charge in [0.25, 0.3) is 0 Å². The third-order valence-electron chi connectivity index (χ3n) is 4.33. The summed E-state index contributed by atoms with van der Waals surface area (Å²) in [5, 5.41) is 3.52. The molecule has 0 fully saturated rings. The molecule has 0 radical (unpaired) electrons. The van der Waals surface area contributed by atoms with Crippen molar-refractivity contribution in [3.8, 4) is 0 Å². The topological polar surface area (TPSA) is 12.0 Å². The summed E-state index contributed by atoms with van der Waals surface area (Å²) in [7, 11) is 0. The van der Waals surface area contributed by atoms with Gasteiger partial charge in [-0.25, -0.2) is 0 Å². The molecule has 1 aliphatic rings. The van der Waals surface area contributed by atoms with Crippen molar-refractivity contribution in [2.75, 3.05) is 6.54 Å². The monoisotopic (exact) mass is 311 g/mol. The van der Waals surface area contributed by atoms with Gasteiger partial charge in [0.15, 0.2) is 0 Å². The maximum atomic E-state index is 3.92. The number of unbranched alkanes of at least 4 members (excludes halogenated alkanes) is 1. The van der Waals surface area contributed by atoms with E-state index >= 15 is 0 Å². The van der Waals surface area contributed by atoms with Crippen LogP contribution in [0.5, 0.6) is 0 Å². The highest BCUT2D eigenvalue weighted by atomic mass is 14.9. The Labute approximate surface area is 143 Å². The first-order chi connectivity index (χ1) is 11.1. The molecule has 1 aliphatic carbocycles. The molecule has 0 spiro atoms. The van der Waals surface area contributed by atoms with E-state index in [9.17, 15) is 0 Å². The standard InChI is InChI=1S/C22H33N/c1-6-9-12-20-13-10-11-19(5)21(16-20)17-23-22(8-3)15-14-18(4)7-2/h8,10-11,13-16,20,23H,3,6-7,9,12,17H2,1-2,4-5H3/b18-14-,22-15+. The molecule has 0 amide bonds. The summed E-state index contributed by atoms with van der Waals surface area (Å²) in [5.41, 5.74) is 5.19. The normalized spacial score (nSPS) is 19.0. The Morgan fingerprint density at radius 1 is 1.30 bits per heavy atom. The Balaban J connectivity index is 2.75. The summed E-state index contributed by atoms with van der Waals surface area (Å²) in [5.74, 6) is 0.554. The predicted octanol–water partition coefficient (Wildman–Crippen LogP) is 6.25. The highest BCUT2D eigenvalue weighted by molar-refractivity contribution is 5.38.